The Kier molecular flexibility index (Phi) is 4.12. The summed E-state index contributed by atoms with van der Waals surface area (Å²) < 4.78 is 6.01. The molecule has 0 unspecified atom stereocenters. The van der Waals surface area contributed by atoms with Gasteiger partial charge in [-0.15, -0.1) is 0 Å². The normalized spacial score (nSPS) is 14.9. The van der Waals surface area contributed by atoms with Crippen LogP contribution in [0.1, 0.15) is 24.8 Å². The molecule has 2 rings (SSSR count). The van der Waals surface area contributed by atoms with E-state index >= 15 is 0 Å². The number of hydrogen-bond acceptors (Lipinski definition) is 3. The Bertz CT molecular complexity index is 418. The standard InChI is InChI=1S/C12H14BrNO3/c13-11-4-3-10(7-12(11)14(15)16)8-17-6-5-9-1-2-9/h3-4,7,9H,1-2,5-6,8H2. The highest BCUT2D eigenvalue weighted by Gasteiger charge is 2.20. The predicted molar refractivity (Wildman–Crippen MR) is 67.8 cm³/mol. The van der Waals surface area contributed by atoms with Crippen LogP contribution < -0.4 is 0 Å². The van der Waals surface area contributed by atoms with Gasteiger partial charge in [0.25, 0.3) is 5.69 Å². The van der Waals surface area contributed by atoms with Gasteiger partial charge >= 0.3 is 0 Å². The van der Waals surface area contributed by atoms with E-state index in [4.69, 9.17) is 4.74 Å². The van der Waals surface area contributed by atoms with E-state index < -0.39 is 4.92 Å². The number of nitro benzene ring substituents is 1. The van der Waals surface area contributed by atoms with Crippen molar-refractivity contribution in [3.05, 3.63) is 38.3 Å². The van der Waals surface area contributed by atoms with Crippen molar-refractivity contribution >= 4 is 21.6 Å². The molecule has 0 bridgehead atoms. The lowest BCUT2D eigenvalue weighted by molar-refractivity contribution is -0.385. The number of hydrogen-bond donors (Lipinski definition) is 0. The van der Waals surface area contributed by atoms with Crippen LogP contribution in [0.2, 0.25) is 0 Å². The molecule has 0 amide bonds. The zero-order valence-corrected chi connectivity index (χ0v) is 11.0. The Morgan fingerprint density at radius 3 is 2.88 bits per heavy atom. The van der Waals surface area contributed by atoms with Crippen LogP contribution in [-0.2, 0) is 11.3 Å². The second kappa shape index (κ2) is 5.60. The third-order valence-corrected chi connectivity index (χ3v) is 3.51. The van der Waals surface area contributed by atoms with Crippen molar-refractivity contribution in [3.63, 3.8) is 0 Å². The summed E-state index contributed by atoms with van der Waals surface area (Å²) in [5.74, 6) is 0.856. The van der Waals surface area contributed by atoms with Crippen molar-refractivity contribution in [2.45, 2.75) is 25.9 Å². The number of rotatable bonds is 6. The molecule has 17 heavy (non-hydrogen) atoms. The molecule has 0 heterocycles. The molecule has 0 atom stereocenters. The van der Waals surface area contributed by atoms with Crippen LogP contribution in [0.5, 0.6) is 0 Å². The molecule has 1 aromatic rings. The van der Waals surface area contributed by atoms with Gasteiger partial charge in [0.1, 0.15) is 0 Å². The van der Waals surface area contributed by atoms with Crippen LogP contribution in [0.3, 0.4) is 0 Å². The van der Waals surface area contributed by atoms with E-state index in [1.54, 1.807) is 12.1 Å². The predicted octanol–water partition coefficient (Wildman–Crippen LogP) is 3.67. The van der Waals surface area contributed by atoms with Gasteiger partial charge in [0.2, 0.25) is 0 Å². The summed E-state index contributed by atoms with van der Waals surface area (Å²) in [5.41, 5.74) is 0.934. The van der Waals surface area contributed by atoms with E-state index in [0.29, 0.717) is 11.1 Å². The maximum atomic E-state index is 10.7. The molecule has 0 saturated heterocycles. The van der Waals surface area contributed by atoms with Crippen LogP contribution in [0.15, 0.2) is 22.7 Å². The summed E-state index contributed by atoms with van der Waals surface area (Å²) in [6, 6.07) is 5.09. The molecule has 1 fully saturated rings. The maximum Gasteiger partial charge on any atom is 0.283 e. The molecule has 4 nitrogen and oxygen atoms in total. The molecule has 1 saturated carbocycles. The first-order chi connectivity index (χ1) is 8.16. The molecule has 1 aliphatic rings. The van der Waals surface area contributed by atoms with Crippen LogP contribution in [0.4, 0.5) is 5.69 Å². The molecule has 0 spiro atoms. The quantitative estimate of drug-likeness (QED) is 0.457. The van der Waals surface area contributed by atoms with Crippen molar-refractivity contribution in [1.82, 2.24) is 0 Å². The van der Waals surface area contributed by atoms with E-state index in [9.17, 15) is 10.1 Å². The van der Waals surface area contributed by atoms with Crippen LogP contribution in [0.25, 0.3) is 0 Å². The second-order valence-corrected chi connectivity index (χ2v) is 5.18. The molecule has 92 valence electrons. The zero-order chi connectivity index (χ0) is 12.3. The summed E-state index contributed by atoms with van der Waals surface area (Å²) in [6.07, 6.45) is 3.76. The largest absolute Gasteiger partial charge is 0.377 e. The Hall–Kier alpha value is -0.940. The molecular weight excluding hydrogens is 286 g/mol. The van der Waals surface area contributed by atoms with Crippen LogP contribution in [0, 0.1) is 16.0 Å². The highest BCUT2D eigenvalue weighted by molar-refractivity contribution is 9.10. The summed E-state index contributed by atoms with van der Waals surface area (Å²) in [6.45, 7) is 1.19. The summed E-state index contributed by atoms with van der Waals surface area (Å²) in [5, 5.41) is 10.7. The van der Waals surface area contributed by atoms with Gasteiger partial charge in [0, 0.05) is 12.7 Å². The first-order valence-corrected chi connectivity index (χ1v) is 6.46. The lowest BCUT2D eigenvalue weighted by atomic mass is 10.2. The lowest BCUT2D eigenvalue weighted by Gasteiger charge is -2.04. The SMILES string of the molecule is O=[N+]([O-])c1cc(COCCC2CC2)ccc1Br. The summed E-state index contributed by atoms with van der Waals surface area (Å²) in [4.78, 5) is 10.3. The topological polar surface area (TPSA) is 52.4 Å². The first kappa shape index (κ1) is 12.5. The van der Waals surface area contributed by atoms with Gasteiger partial charge in [0.15, 0.2) is 0 Å². The fourth-order valence-corrected chi connectivity index (χ4v) is 2.03. The smallest absolute Gasteiger partial charge is 0.283 e. The van der Waals surface area contributed by atoms with Crippen LogP contribution >= 0.6 is 15.9 Å². The van der Waals surface area contributed by atoms with Gasteiger partial charge in [-0.05, 0) is 39.9 Å². The maximum absolute atomic E-state index is 10.7. The monoisotopic (exact) mass is 299 g/mol. The second-order valence-electron chi connectivity index (χ2n) is 4.33. The molecular formula is C12H14BrNO3. The zero-order valence-electron chi connectivity index (χ0n) is 9.39. The van der Waals surface area contributed by atoms with E-state index in [0.717, 1.165) is 24.5 Å². The van der Waals surface area contributed by atoms with Crippen molar-refractivity contribution in [3.8, 4) is 0 Å². The number of nitro groups is 1. The molecule has 1 aliphatic carbocycles. The third kappa shape index (κ3) is 3.78. The van der Waals surface area contributed by atoms with E-state index in [2.05, 4.69) is 15.9 Å². The minimum atomic E-state index is -0.391. The van der Waals surface area contributed by atoms with E-state index in [1.165, 1.54) is 12.8 Å². The minimum Gasteiger partial charge on any atom is -0.377 e. The van der Waals surface area contributed by atoms with Crippen molar-refractivity contribution < 1.29 is 9.66 Å². The molecule has 1 aromatic carbocycles. The van der Waals surface area contributed by atoms with Gasteiger partial charge in [-0.3, -0.25) is 10.1 Å². The minimum absolute atomic E-state index is 0.0910. The van der Waals surface area contributed by atoms with Crippen molar-refractivity contribution in [2.24, 2.45) is 5.92 Å². The third-order valence-electron chi connectivity index (χ3n) is 2.84. The van der Waals surface area contributed by atoms with Gasteiger partial charge in [-0.25, -0.2) is 0 Å². The van der Waals surface area contributed by atoms with Gasteiger partial charge in [0.05, 0.1) is 16.0 Å². The molecule has 5 heteroatoms. The van der Waals surface area contributed by atoms with Gasteiger partial charge in [-0.2, -0.15) is 0 Å². The summed E-state index contributed by atoms with van der Waals surface area (Å²) >= 11 is 3.16. The number of halogens is 1. The number of nitrogens with zero attached hydrogens (tertiary/aromatic N) is 1. The van der Waals surface area contributed by atoms with Crippen LogP contribution in [-0.4, -0.2) is 11.5 Å². The molecule has 0 radical (unpaired) electrons. The number of ether oxygens (including phenoxy) is 1. The lowest BCUT2D eigenvalue weighted by Crippen LogP contribution is -1.98. The van der Waals surface area contributed by atoms with E-state index in [-0.39, 0.29) is 5.69 Å². The van der Waals surface area contributed by atoms with Gasteiger partial charge in [-0.1, -0.05) is 18.9 Å². The fourth-order valence-electron chi connectivity index (χ4n) is 1.63. The highest BCUT2D eigenvalue weighted by Crippen LogP contribution is 2.32. The highest BCUT2D eigenvalue weighted by atomic mass is 79.9. The molecule has 0 aliphatic heterocycles. The Labute approximate surface area is 108 Å². The fraction of sp³-hybridized carbons (Fsp3) is 0.500. The van der Waals surface area contributed by atoms with Crippen molar-refractivity contribution in [2.75, 3.05) is 6.61 Å². The molecule has 0 N–H and O–H groups in total. The Morgan fingerprint density at radius 2 is 2.24 bits per heavy atom. The first-order valence-electron chi connectivity index (χ1n) is 5.67. The average Bonchev–Trinajstić information content (AvgIpc) is 3.10. The number of benzene rings is 1. The van der Waals surface area contributed by atoms with Crippen molar-refractivity contribution in [1.29, 1.82) is 0 Å². The molecule has 0 aromatic heterocycles. The summed E-state index contributed by atoms with van der Waals surface area (Å²) in [7, 11) is 0. The van der Waals surface area contributed by atoms with E-state index in [1.807, 2.05) is 6.07 Å². The Balaban J connectivity index is 1.86. The average molecular weight is 300 g/mol. The van der Waals surface area contributed by atoms with Gasteiger partial charge < -0.3 is 4.74 Å². The Morgan fingerprint density at radius 1 is 1.47 bits per heavy atom.